The Labute approximate surface area is 115 Å². The van der Waals surface area contributed by atoms with E-state index in [0.717, 1.165) is 30.1 Å². The van der Waals surface area contributed by atoms with Crippen molar-refractivity contribution in [3.05, 3.63) is 52.1 Å². The third-order valence-corrected chi connectivity index (χ3v) is 3.84. The summed E-state index contributed by atoms with van der Waals surface area (Å²) in [6, 6.07) is 6.64. The predicted molar refractivity (Wildman–Crippen MR) is 79.2 cm³/mol. The number of nitrogens with two attached hydrogens (primary N) is 1. The lowest BCUT2D eigenvalue weighted by Gasteiger charge is -2.07. The number of aromatic nitrogens is 2. The first-order chi connectivity index (χ1) is 9.02. The lowest BCUT2D eigenvalue weighted by molar-refractivity contribution is 0.779. The van der Waals surface area contributed by atoms with E-state index < -0.39 is 0 Å². The molecule has 0 atom stereocenters. The zero-order valence-corrected chi connectivity index (χ0v) is 12.3. The summed E-state index contributed by atoms with van der Waals surface area (Å²) in [5, 5.41) is 0. The van der Waals surface area contributed by atoms with Crippen molar-refractivity contribution >= 4 is 0 Å². The smallest absolute Gasteiger partial charge is 0.105 e. The van der Waals surface area contributed by atoms with Crippen LogP contribution in [0.3, 0.4) is 0 Å². The Morgan fingerprint density at radius 2 is 1.89 bits per heavy atom. The molecule has 0 saturated carbocycles. The zero-order valence-electron chi connectivity index (χ0n) is 12.3. The summed E-state index contributed by atoms with van der Waals surface area (Å²) in [7, 11) is 2.03. The van der Waals surface area contributed by atoms with E-state index in [4.69, 9.17) is 5.73 Å². The fourth-order valence-electron chi connectivity index (χ4n) is 2.56. The molecule has 0 radical (unpaired) electrons. The summed E-state index contributed by atoms with van der Waals surface area (Å²) < 4.78 is 2.09. The largest absolute Gasteiger partial charge is 0.334 e. The normalized spacial score (nSPS) is 11.0. The Hall–Kier alpha value is -1.61. The van der Waals surface area contributed by atoms with Crippen LogP contribution in [0.2, 0.25) is 0 Å². The van der Waals surface area contributed by atoms with Crippen molar-refractivity contribution in [3.8, 4) is 0 Å². The molecule has 0 aliphatic heterocycles. The molecule has 1 aromatic heterocycles. The fraction of sp³-hybridized carbons (Fsp3) is 0.438. The molecule has 0 unspecified atom stereocenters. The molecule has 3 nitrogen and oxygen atoms in total. The van der Waals surface area contributed by atoms with E-state index in [-0.39, 0.29) is 0 Å². The molecule has 0 spiro atoms. The maximum absolute atomic E-state index is 5.82. The molecular formula is C16H23N3. The van der Waals surface area contributed by atoms with Gasteiger partial charge in [0, 0.05) is 13.6 Å². The van der Waals surface area contributed by atoms with E-state index in [9.17, 15) is 0 Å². The molecule has 19 heavy (non-hydrogen) atoms. The lowest BCUT2D eigenvalue weighted by Crippen LogP contribution is -2.07. The second kappa shape index (κ2) is 5.57. The van der Waals surface area contributed by atoms with Crippen LogP contribution in [0, 0.1) is 20.8 Å². The quantitative estimate of drug-likeness (QED) is 0.915. The summed E-state index contributed by atoms with van der Waals surface area (Å²) in [4.78, 5) is 4.63. The van der Waals surface area contributed by atoms with Gasteiger partial charge in [0.25, 0.3) is 0 Å². The minimum absolute atomic E-state index is 0.555. The van der Waals surface area contributed by atoms with Gasteiger partial charge in [-0.3, -0.25) is 0 Å². The van der Waals surface area contributed by atoms with E-state index in [1.54, 1.807) is 0 Å². The molecule has 3 heteroatoms. The van der Waals surface area contributed by atoms with Gasteiger partial charge in [0.1, 0.15) is 5.82 Å². The molecule has 1 heterocycles. The van der Waals surface area contributed by atoms with Crippen LogP contribution in [0.1, 0.15) is 33.9 Å². The minimum Gasteiger partial charge on any atom is -0.334 e. The topological polar surface area (TPSA) is 43.8 Å². The average Bonchev–Trinajstić information content (AvgIpc) is 2.63. The van der Waals surface area contributed by atoms with Gasteiger partial charge in [-0.25, -0.2) is 4.98 Å². The lowest BCUT2D eigenvalue weighted by atomic mass is 10.0. The summed E-state index contributed by atoms with van der Waals surface area (Å²) in [6.07, 6.45) is 1.98. The van der Waals surface area contributed by atoms with E-state index in [1.807, 2.05) is 14.0 Å². The highest BCUT2D eigenvalue weighted by atomic mass is 15.1. The van der Waals surface area contributed by atoms with Crippen molar-refractivity contribution < 1.29 is 0 Å². The molecule has 0 amide bonds. The Morgan fingerprint density at radius 3 is 2.53 bits per heavy atom. The second-order valence-corrected chi connectivity index (χ2v) is 5.25. The first-order valence-corrected chi connectivity index (χ1v) is 6.80. The third-order valence-electron chi connectivity index (χ3n) is 3.84. The van der Waals surface area contributed by atoms with Gasteiger partial charge in [0.15, 0.2) is 0 Å². The number of imidazole rings is 1. The van der Waals surface area contributed by atoms with Gasteiger partial charge in [-0.1, -0.05) is 23.8 Å². The molecule has 0 fully saturated rings. The van der Waals surface area contributed by atoms with Crippen LogP contribution in [0.4, 0.5) is 0 Å². The number of rotatable bonds is 4. The number of hydrogen-bond acceptors (Lipinski definition) is 2. The summed E-state index contributed by atoms with van der Waals surface area (Å²) in [5.74, 6) is 1.04. The molecule has 0 bridgehead atoms. The molecule has 2 rings (SSSR count). The second-order valence-electron chi connectivity index (χ2n) is 5.25. The Balaban J connectivity index is 2.16. The van der Waals surface area contributed by atoms with Gasteiger partial charge in [-0.2, -0.15) is 0 Å². The van der Waals surface area contributed by atoms with Gasteiger partial charge in [0.2, 0.25) is 0 Å². The Kier molecular flexibility index (Phi) is 4.05. The van der Waals surface area contributed by atoms with Crippen molar-refractivity contribution in [2.75, 3.05) is 0 Å². The van der Waals surface area contributed by atoms with Gasteiger partial charge in [0.05, 0.1) is 11.4 Å². The molecule has 0 saturated heterocycles. The molecule has 0 aliphatic rings. The maximum atomic E-state index is 5.82. The summed E-state index contributed by atoms with van der Waals surface area (Å²) >= 11 is 0. The zero-order chi connectivity index (χ0) is 14.0. The predicted octanol–water partition coefficient (Wildman–Crippen LogP) is 2.59. The molecule has 1 aromatic carbocycles. The summed E-state index contributed by atoms with van der Waals surface area (Å²) in [5.41, 5.74) is 12.2. The molecular weight excluding hydrogens is 234 g/mol. The SMILES string of the molecule is Cc1ccc(CCc2nc(C)n(C)c2CN)c(C)c1. The first-order valence-electron chi connectivity index (χ1n) is 6.80. The van der Waals surface area contributed by atoms with E-state index in [1.165, 1.54) is 16.7 Å². The highest BCUT2D eigenvalue weighted by Crippen LogP contribution is 2.16. The van der Waals surface area contributed by atoms with E-state index in [2.05, 4.69) is 41.6 Å². The van der Waals surface area contributed by atoms with Crippen molar-refractivity contribution in [1.29, 1.82) is 0 Å². The summed E-state index contributed by atoms with van der Waals surface area (Å²) in [6.45, 7) is 6.89. The van der Waals surface area contributed by atoms with Gasteiger partial charge in [-0.15, -0.1) is 0 Å². The first kappa shape index (κ1) is 13.8. The standard InChI is InChI=1S/C16H23N3/c1-11-5-6-14(12(2)9-11)7-8-15-16(10-17)19(4)13(3)18-15/h5-6,9H,7-8,10,17H2,1-4H3. The van der Waals surface area contributed by atoms with Crippen LogP contribution in [-0.4, -0.2) is 9.55 Å². The van der Waals surface area contributed by atoms with Crippen LogP contribution in [0.15, 0.2) is 18.2 Å². The van der Waals surface area contributed by atoms with Crippen molar-refractivity contribution in [3.63, 3.8) is 0 Å². The van der Waals surface area contributed by atoms with E-state index in [0.29, 0.717) is 6.54 Å². The van der Waals surface area contributed by atoms with Gasteiger partial charge >= 0.3 is 0 Å². The van der Waals surface area contributed by atoms with Gasteiger partial charge in [-0.05, 0) is 44.7 Å². The molecule has 102 valence electrons. The van der Waals surface area contributed by atoms with Crippen LogP contribution in [0.25, 0.3) is 0 Å². The van der Waals surface area contributed by atoms with Crippen molar-refractivity contribution in [2.24, 2.45) is 12.8 Å². The van der Waals surface area contributed by atoms with Gasteiger partial charge < -0.3 is 10.3 Å². The number of benzene rings is 1. The fourth-order valence-corrected chi connectivity index (χ4v) is 2.56. The number of hydrogen-bond donors (Lipinski definition) is 1. The molecule has 2 N–H and O–H groups in total. The van der Waals surface area contributed by atoms with Crippen LogP contribution < -0.4 is 5.73 Å². The Bertz CT molecular complexity index is 582. The highest BCUT2D eigenvalue weighted by molar-refractivity contribution is 5.31. The molecule has 0 aliphatic carbocycles. The molecule has 2 aromatic rings. The van der Waals surface area contributed by atoms with Crippen LogP contribution >= 0.6 is 0 Å². The van der Waals surface area contributed by atoms with Crippen LogP contribution in [0.5, 0.6) is 0 Å². The van der Waals surface area contributed by atoms with Crippen molar-refractivity contribution in [2.45, 2.75) is 40.2 Å². The minimum atomic E-state index is 0.555. The number of nitrogens with zero attached hydrogens (tertiary/aromatic N) is 2. The Morgan fingerprint density at radius 1 is 1.16 bits per heavy atom. The average molecular weight is 257 g/mol. The van der Waals surface area contributed by atoms with E-state index >= 15 is 0 Å². The monoisotopic (exact) mass is 257 g/mol. The van der Waals surface area contributed by atoms with Crippen LogP contribution in [-0.2, 0) is 26.4 Å². The number of aryl methyl sites for hydroxylation is 5. The third kappa shape index (κ3) is 2.87. The van der Waals surface area contributed by atoms with Crippen molar-refractivity contribution in [1.82, 2.24) is 9.55 Å². The maximum Gasteiger partial charge on any atom is 0.105 e. The highest BCUT2D eigenvalue weighted by Gasteiger charge is 2.11.